The molecule has 0 unspecified atom stereocenters. The summed E-state index contributed by atoms with van der Waals surface area (Å²) in [6.45, 7) is 4.11. The fourth-order valence-electron chi connectivity index (χ4n) is 3.20. The predicted molar refractivity (Wildman–Crippen MR) is 99.7 cm³/mol. The van der Waals surface area contributed by atoms with Crippen molar-refractivity contribution in [3.05, 3.63) is 47.3 Å². The van der Waals surface area contributed by atoms with Gasteiger partial charge in [0.25, 0.3) is 5.91 Å². The third kappa shape index (κ3) is 4.87. The lowest BCUT2D eigenvalue weighted by Crippen LogP contribution is -2.37. The normalized spacial score (nSPS) is 14.7. The van der Waals surface area contributed by atoms with E-state index in [1.165, 1.54) is 0 Å². The second-order valence-corrected chi connectivity index (χ2v) is 6.70. The Morgan fingerprint density at radius 2 is 1.81 bits per heavy atom. The van der Waals surface area contributed by atoms with E-state index < -0.39 is 0 Å². The van der Waals surface area contributed by atoms with E-state index >= 15 is 0 Å². The van der Waals surface area contributed by atoms with Crippen LogP contribution in [-0.4, -0.2) is 60.1 Å². The molecule has 1 aromatic carbocycles. The maximum Gasteiger partial charge on any atom is 0.276 e. The van der Waals surface area contributed by atoms with E-state index in [0.717, 1.165) is 17.7 Å². The van der Waals surface area contributed by atoms with Gasteiger partial charge in [-0.15, -0.1) is 0 Å². The molecule has 2 heterocycles. The molecular weight excluding hydrogens is 346 g/mol. The van der Waals surface area contributed by atoms with Gasteiger partial charge in [0, 0.05) is 38.7 Å². The van der Waals surface area contributed by atoms with E-state index in [9.17, 15) is 9.59 Å². The molecule has 0 bridgehead atoms. The quantitative estimate of drug-likeness (QED) is 0.806. The van der Waals surface area contributed by atoms with Crippen molar-refractivity contribution in [1.29, 1.82) is 0 Å². The number of hydrogen-bond donors (Lipinski definition) is 0. The first-order valence-corrected chi connectivity index (χ1v) is 9.20. The van der Waals surface area contributed by atoms with Gasteiger partial charge in [-0.3, -0.25) is 9.59 Å². The lowest BCUT2D eigenvalue weighted by molar-refractivity contribution is -0.131. The molecule has 2 amide bonds. The van der Waals surface area contributed by atoms with Crippen molar-refractivity contribution in [2.45, 2.75) is 26.2 Å². The van der Waals surface area contributed by atoms with Gasteiger partial charge in [-0.1, -0.05) is 17.3 Å². The van der Waals surface area contributed by atoms with Gasteiger partial charge in [0.15, 0.2) is 5.69 Å². The van der Waals surface area contributed by atoms with Crippen LogP contribution in [0.5, 0.6) is 5.75 Å². The molecule has 0 spiro atoms. The predicted octanol–water partition coefficient (Wildman–Crippen LogP) is 2.30. The molecule has 0 saturated carbocycles. The first-order chi connectivity index (χ1) is 13.1. The van der Waals surface area contributed by atoms with Gasteiger partial charge in [-0.05, 0) is 37.5 Å². The Morgan fingerprint density at radius 3 is 2.48 bits per heavy atom. The first-order valence-electron chi connectivity index (χ1n) is 9.20. The Morgan fingerprint density at radius 1 is 1.11 bits per heavy atom. The average Bonchev–Trinajstić information content (AvgIpc) is 2.98. The van der Waals surface area contributed by atoms with Gasteiger partial charge < -0.3 is 19.1 Å². The summed E-state index contributed by atoms with van der Waals surface area (Å²) in [5.41, 5.74) is 1.43. The summed E-state index contributed by atoms with van der Waals surface area (Å²) in [7, 11) is 1.63. The molecule has 0 aliphatic carbocycles. The maximum atomic E-state index is 12.6. The molecule has 1 aliphatic heterocycles. The Bertz CT molecular complexity index is 785. The largest absolute Gasteiger partial charge is 0.497 e. The molecule has 3 rings (SSSR count). The zero-order valence-corrected chi connectivity index (χ0v) is 15.8. The fourth-order valence-corrected chi connectivity index (χ4v) is 3.20. The van der Waals surface area contributed by atoms with Crippen molar-refractivity contribution in [3.8, 4) is 5.75 Å². The van der Waals surface area contributed by atoms with Crippen LogP contribution < -0.4 is 4.74 Å². The van der Waals surface area contributed by atoms with Crippen LogP contribution in [0.3, 0.4) is 0 Å². The van der Waals surface area contributed by atoms with Gasteiger partial charge in [-0.25, -0.2) is 0 Å². The van der Waals surface area contributed by atoms with Crippen LogP contribution >= 0.6 is 0 Å². The summed E-state index contributed by atoms with van der Waals surface area (Å²) in [4.78, 5) is 28.7. The second-order valence-electron chi connectivity index (χ2n) is 6.70. The van der Waals surface area contributed by atoms with Crippen LogP contribution in [-0.2, 0) is 11.2 Å². The van der Waals surface area contributed by atoms with E-state index in [0.29, 0.717) is 50.5 Å². The monoisotopic (exact) mass is 371 g/mol. The highest BCUT2D eigenvalue weighted by Gasteiger charge is 2.24. The highest BCUT2D eigenvalue weighted by atomic mass is 16.5. The highest BCUT2D eigenvalue weighted by molar-refractivity contribution is 5.92. The zero-order chi connectivity index (χ0) is 19.2. The van der Waals surface area contributed by atoms with Gasteiger partial charge in [0.1, 0.15) is 11.5 Å². The van der Waals surface area contributed by atoms with Crippen molar-refractivity contribution in [1.82, 2.24) is 15.0 Å². The number of carbonyl (C=O) groups is 2. The summed E-state index contributed by atoms with van der Waals surface area (Å²) in [6, 6.07) is 9.41. The van der Waals surface area contributed by atoms with Crippen LogP contribution in [0.25, 0.3) is 0 Å². The molecule has 7 heteroatoms. The van der Waals surface area contributed by atoms with Crippen LogP contribution in [0, 0.1) is 6.92 Å². The lowest BCUT2D eigenvalue weighted by Gasteiger charge is -2.21. The average molecular weight is 371 g/mol. The van der Waals surface area contributed by atoms with Gasteiger partial charge in [-0.2, -0.15) is 0 Å². The van der Waals surface area contributed by atoms with Gasteiger partial charge >= 0.3 is 0 Å². The Balaban J connectivity index is 1.50. The molecule has 1 aromatic heterocycles. The Kier molecular flexibility index (Phi) is 6.11. The van der Waals surface area contributed by atoms with Crippen molar-refractivity contribution in [2.75, 3.05) is 33.3 Å². The van der Waals surface area contributed by atoms with E-state index in [1.54, 1.807) is 25.0 Å². The number of methoxy groups -OCH3 is 1. The van der Waals surface area contributed by atoms with E-state index in [1.807, 2.05) is 29.2 Å². The number of amides is 2. The van der Waals surface area contributed by atoms with E-state index in [4.69, 9.17) is 9.26 Å². The molecule has 0 radical (unpaired) electrons. The minimum absolute atomic E-state index is 0.123. The van der Waals surface area contributed by atoms with Crippen molar-refractivity contribution in [2.24, 2.45) is 0 Å². The van der Waals surface area contributed by atoms with Crippen molar-refractivity contribution in [3.63, 3.8) is 0 Å². The van der Waals surface area contributed by atoms with E-state index in [-0.39, 0.29) is 11.8 Å². The zero-order valence-electron chi connectivity index (χ0n) is 15.8. The Labute approximate surface area is 158 Å². The number of aryl methyl sites for hydroxylation is 2. The molecule has 0 N–H and O–H groups in total. The number of ether oxygens (including phenoxy) is 1. The molecule has 1 saturated heterocycles. The summed E-state index contributed by atoms with van der Waals surface area (Å²) < 4.78 is 10.1. The standard InChI is InChI=1S/C20H25N3O4/c1-15-14-18(21-27-15)20(25)23-11-3-10-22(12-13-23)19(24)9-6-16-4-7-17(26-2)8-5-16/h4-5,7-8,14H,3,6,9-13H2,1-2H3. The SMILES string of the molecule is COc1ccc(CCC(=O)N2CCCN(C(=O)c3cc(C)on3)CC2)cc1. The summed E-state index contributed by atoms with van der Waals surface area (Å²) >= 11 is 0. The van der Waals surface area contributed by atoms with Crippen LogP contribution in [0.1, 0.15) is 34.7 Å². The first kappa shape index (κ1) is 18.9. The topological polar surface area (TPSA) is 75.9 Å². The minimum atomic E-state index is -0.139. The third-order valence-electron chi connectivity index (χ3n) is 4.77. The molecule has 144 valence electrons. The highest BCUT2D eigenvalue weighted by Crippen LogP contribution is 2.14. The molecule has 1 fully saturated rings. The molecule has 7 nitrogen and oxygen atoms in total. The number of hydrogen-bond acceptors (Lipinski definition) is 5. The van der Waals surface area contributed by atoms with Gasteiger partial charge in [0.05, 0.1) is 7.11 Å². The van der Waals surface area contributed by atoms with Crippen LogP contribution in [0.4, 0.5) is 0 Å². The molecule has 2 aromatic rings. The minimum Gasteiger partial charge on any atom is -0.497 e. The summed E-state index contributed by atoms with van der Waals surface area (Å²) in [6.07, 6.45) is 1.92. The number of benzene rings is 1. The molecule has 0 atom stereocenters. The van der Waals surface area contributed by atoms with Crippen LogP contribution in [0.15, 0.2) is 34.9 Å². The molecule has 27 heavy (non-hydrogen) atoms. The summed E-state index contributed by atoms with van der Waals surface area (Å²) in [5.74, 6) is 1.41. The maximum absolute atomic E-state index is 12.6. The van der Waals surface area contributed by atoms with Gasteiger partial charge in [0.2, 0.25) is 5.91 Å². The third-order valence-corrected chi connectivity index (χ3v) is 4.77. The number of carbonyl (C=O) groups excluding carboxylic acids is 2. The number of aromatic nitrogens is 1. The van der Waals surface area contributed by atoms with Crippen molar-refractivity contribution < 1.29 is 18.8 Å². The lowest BCUT2D eigenvalue weighted by atomic mass is 10.1. The number of nitrogens with zero attached hydrogens (tertiary/aromatic N) is 3. The number of rotatable bonds is 5. The fraction of sp³-hybridized carbons (Fsp3) is 0.450. The van der Waals surface area contributed by atoms with Crippen LogP contribution in [0.2, 0.25) is 0 Å². The molecule has 1 aliphatic rings. The second kappa shape index (κ2) is 8.70. The molecular formula is C20H25N3O4. The van der Waals surface area contributed by atoms with E-state index in [2.05, 4.69) is 5.16 Å². The smallest absolute Gasteiger partial charge is 0.276 e. The summed E-state index contributed by atoms with van der Waals surface area (Å²) in [5, 5.41) is 3.80. The van der Waals surface area contributed by atoms with Crippen molar-refractivity contribution >= 4 is 11.8 Å². The Hall–Kier alpha value is -2.83.